The third kappa shape index (κ3) is 6.95. The van der Waals surface area contributed by atoms with E-state index in [2.05, 4.69) is 19.0 Å². The molecule has 0 aliphatic rings. The number of rotatable bonds is 9. The Kier molecular flexibility index (Phi) is 9.25. The van der Waals surface area contributed by atoms with Crippen molar-refractivity contribution in [1.29, 1.82) is 0 Å². The number of oxime groups is 1. The molecule has 36 heavy (non-hydrogen) atoms. The van der Waals surface area contributed by atoms with Crippen LogP contribution < -0.4 is 0 Å². The summed E-state index contributed by atoms with van der Waals surface area (Å²) >= 11 is 1.60. The van der Waals surface area contributed by atoms with Gasteiger partial charge in [-0.2, -0.15) is 0 Å². The molecule has 0 aliphatic heterocycles. The molecule has 5 nitrogen and oxygen atoms in total. The van der Waals surface area contributed by atoms with Crippen molar-refractivity contribution < 1.29 is 18.8 Å². The van der Waals surface area contributed by atoms with Crippen molar-refractivity contribution >= 4 is 40.2 Å². The summed E-state index contributed by atoms with van der Waals surface area (Å²) in [5.74, 6) is 0.296. The van der Waals surface area contributed by atoms with E-state index in [4.69, 9.17) is 9.25 Å². The zero-order valence-electron chi connectivity index (χ0n) is 20.0. The van der Waals surface area contributed by atoms with Crippen LogP contribution in [0.2, 0.25) is 0 Å². The van der Waals surface area contributed by atoms with Gasteiger partial charge in [-0.25, -0.2) is 4.79 Å². The van der Waals surface area contributed by atoms with E-state index in [-0.39, 0.29) is 13.2 Å². The number of hydrogen-bond donors (Lipinski definition) is 0. The third-order valence-electron chi connectivity index (χ3n) is 5.43. The lowest BCUT2D eigenvalue weighted by atomic mass is 10.0. The van der Waals surface area contributed by atoms with Crippen LogP contribution in [-0.2, 0) is 9.63 Å². The number of para-hydroxylation sites is 1. The predicted molar refractivity (Wildman–Crippen MR) is 146 cm³/mol. The van der Waals surface area contributed by atoms with E-state index in [9.17, 15) is 9.59 Å². The van der Waals surface area contributed by atoms with Gasteiger partial charge in [0.25, 0.3) is 0 Å². The molecule has 0 saturated heterocycles. The molecular formula is C30H31NO4S. The molecule has 1 aromatic heterocycles. The number of nitrogens with zero attached hydrogens (tertiary/aromatic N) is 1. The molecule has 6 heteroatoms. The highest BCUT2D eigenvalue weighted by molar-refractivity contribution is 7.99. The smallest absolute Gasteiger partial charge is 0.331 e. The van der Waals surface area contributed by atoms with Gasteiger partial charge in [0.1, 0.15) is 5.58 Å². The normalized spacial score (nSPS) is 11.4. The summed E-state index contributed by atoms with van der Waals surface area (Å²) in [6.45, 7) is 5.65. The van der Waals surface area contributed by atoms with Crippen molar-refractivity contribution in [1.82, 2.24) is 0 Å². The van der Waals surface area contributed by atoms with Crippen LogP contribution in [0.4, 0.5) is 0 Å². The van der Waals surface area contributed by atoms with Crippen LogP contribution in [0.15, 0.2) is 98.2 Å². The molecule has 0 fully saturated rings. The monoisotopic (exact) mass is 501 g/mol. The number of benzene rings is 3. The average molecular weight is 502 g/mol. The number of fused-ring (bicyclic) bond motifs is 1. The predicted octanol–water partition coefficient (Wildman–Crippen LogP) is 8.15. The number of ketones is 1. The standard InChI is InChI=1S/C29H27NO4S.CH4/c1-19(2)8-17-26(30-34-20(3)31)21-9-13-24(14-10-21)35-25-15-11-22(12-16-25)29(32)28-18-23-6-4-5-7-27(23)33-28;/h4-7,9-16,18-19H,8,17H2,1-3H3;1H4/b30-26-;. The maximum Gasteiger partial charge on any atom is 0.331 e. The van der Waals surface area contributed by atoms with Crippen LogP contribution >= 0.6 is 11.8 Å². The second-order valence-corrected chi connectivity index (χ2v) is 9.83. The van der Waals surface area contributed by atoms with Crippen molar-refractivity contribution in [2.75, 3.05) is 0 Å². The molecule has 4 aromatic rings. The maximum atomic E-state index is 12.8. The summed E-state index contributed by atoms with van der Waals surface area (Å²) in [7, 11) is 0. The van der Waals surface area contributed by atoms with Gasteiger partial charge in [-0.3, -0.25) is 4.79 Å². The first-order valence-corrected chi connectivity index (χ1v) is 12.4. The van der Waals surface area contributed by atoms with Crippen LogP contribution in [0.1, 0.15) is 62.7 Å². The Morgan fingerprint density at radius 3 is 2.11 bits per heavy atom. The Morgan fingerprint density at radius 2 is 1.53 bits per heavy atom. The van der Waals surface area contributed by atoms with Crippen molar-refractivity contribution in [3.8, 4) is 0 Å². The molecule has 0 spiro atoms. The van der Waals surface area contributed by atoms with Crippen LogP contribution in [0.3, 0.4) is 0 Å². The fraction of sp³-hybridized carbons (Fsp3) is 0.233. The molecule has 1 heterocycles. The van der Waals surface area contributed by atoms with Gasteiger partial charge in [-0.1, -0.05) is 68.5 Å². The number of carbonyl (C=O) groups excluding carboxylic acids is 2. The number of carbonyl (C=O) groups is 2. The van der Waals surface area contributed by atoms with Crippen molar-refractivity contribution in [3.63, 3.8) is 0 Å². The van der Waals surface area contributed by atoms with Crippen LogP contribution in [0.25, 0.3) is 11.0 Å². The topological polar surface area (TPSA) is 68.9 Å². The zero-order chi connectivity index (χ0) is 24.8. The summed E-state index contributed by atoms with van der Waals surface area (Å²) < 4.78 is 5.71. The summed E-state index contributed by atoms with van der Waals surface area (Å²) in [6, 6.07) is 24.9. The van der Waals surface area contributed by atoms with Crippen molar-refractivity contribution in [2.24, 2.45) is 11.1 Å². The highest BCUT2D eigenvalue weighted by Gasteiger charge is 2.15. The molecule has 0 N–H and O–H groups in total. The van der Waals surface area contributed by atoms with E-state index in [0.29, 0.717) is 22.8 Å². The first-order valence-electron chi connectivity index (χ1n) is 11.5. The molecule has 0 unspecified atom stereocenters. The van der Waals surface area contributed by atoms with E-state index in [1.54, 1.807) is 17.8 Å². The van der Waals surface area contributed by atoms with Crippen LogP contribution in [-0.4, -0.2) is 17.5 Å². The maximum absolute atomic E-state index is 12.8. The van der Waals surface area contributed by atoms with Gasteiger partial charge in [0.15, 0.2) is 5.76 Å². The van der Waals surface area contributed by atoms with Gasteiger partial charge in [0, 0.05) is 27.7 Å². The van der Waals surface area contributed by atoms with E-state index < -0.39 is 5.97 Å². The Hall–Kier alpha value is -3.64. The first-order chi connectivity index (χ1) is 16.9. The van der Waals surface area contributed by atoms with E-state index in [1.807, 2.05) is 72.8 Å². The third-order valence-corrected chi connectivity index (χ3v) is 6.45. The van der Waals surface area contributed by atoms with Gasteiger partial charge in [-0.05, 0) is 72.9 Å². The van der Waals surface area contributed by atoms with Gasteiger partial charge in [0.2, 0.25) is 5.78 Å². The molecule has 4 rings (SSSR count). The van der Waals surface area contributed by atoms with Gasteiger partial charge in [-0.15, -0.1) is 0 Å². The number of hydrogen-bond acceptors (Lipinski definition) is 6. The molecule has 3 aromatic carbocycles. The van der Waals surface area contributed by atoms with Crippen LogP contribution in [0.5, 0.6) is 0 Å². The second kappa shape index (κ2) is 12.4. The number of furan rings is 1. The second-order valence-electron chi connectivity index (χ2n) is 8.68. The quantitative estimate of drug-likeness (QED) is 0.100. The van der Waals surface area contributed by atoms with Crippen molar-refractivity contribution in [2.45, 2.75) is 50.8 Å². The molecule has 186 valence electrons. The first kappa shape index (κ1) is 27.0. The molecule has 0 bridgehead atoms. The van der Waals surface area contributed by atoms with Crippen molar-refractivity contribution in [3.05, 3.63) is 95.7 Å². The zero-order valence-corrected chi connectivity index (χ0v) is 20.8. The Bertz CT molecular complexity index is 1320. The SMILES string of the molecule is C.CC(=O)O/N=C(/CCC(C)C)c1ccc(Sc2ccc(C(=O)c3cc4ccccc4o3)cc2)cc1. The van der Waals surface area contributed by atoms with Gasteiger partial charge >= 0.3 is 5.97 Å². The minimum atomic E-state index is -0.429. The summed E-state index contributed by atoms with van der Waals surface area (Å²) in [5, 5.41) is 4.98. The molecule has 0 saturated carbocycles. The molecule has 0 atom stereocenters. The van der Waals surface area contributed by atoms with E-state index in [0.717, 1.165) is 39.3 Å². The lowest BCUT2D eigenvalue weighted by molar-refractivity contribution is -0.140. The summed E-state index contributed by atoms with van der Waals surface area (Å²) in [4.78, 5) is 31.0. The van der Waals surface area contributed by atoms with Gasteiger partial charge in [0.05, 0.1) is 5.71 Å². The minimum absolute atomic E-state index is 0. The molecular weight excluding hydrogens is 470 g/mol. The molecule has 0 aliphatic carbocycles. The highest BCUT2D eigenvalue weighted by Crippen LogP contribution is 2.29. The summed E-state index contributed by atoms with van der Waals surface area (Å²) in [6.07, 6.45) is 1.69. The fourth-order valence-corrected chi connectivity index (χ4v) is 4.37. The Balaban J connectivity index is 0.00000361. The largest absolute Gasteiger partial charge is 0.453 e. The lowest BCUT2D eigenvalue weighted by Gasteiger charge is -2.09. The van der Waals surface area contributed by atoms with E-state index in [1.165, 1.54) is 6.92 Å². The highest BCUT2D eigenvalue weighted by atomic mass is 32.2. The Morgan fingerprint density at radius 1 is 0.917 bits per heavy atom. The average Bonchev–Trinajstić information content (AvgIpc) is 3.29. The van der Waals surface area contributed by atoms with Gasteiger partial charge < -0.3 is 9.25 Å². The minimum Gasteiger partial charge on any atom is -0.453 e. The Labute approximate surface area is 216 Å². The molecule has 0 amide bonds. The molecule has 0 radical (unpaired) electrons. The lowest BCUT2D eigenvalue weighted by Crippen LogP contribution is -2.06. The van der Waals surface area contributed by atoms with Crippen LogP contribution in [0, 0.1) is 5.92 Å². The van der Waals surface area contributed by atoms with E-state index >= 15 is 0 Å². The fourth-order valence-electron chi connectivity index (χ4n) is 3.55. The summed E-state index contributed by atoms with van der Waals surface area (Å²) in [5.41, 5.74) is 2.99.